The van der Waals surface area contributed by atoms with E-state index >= 15 is 0 Å². The Labute approximate surface area is 167 Å². The third-order valence-electron chi connectivity index (χ3n) is 5.78. The molecule has 2 aromatic carbocycles. The van der Waals surface area contributed by atoms with Gasteiger partial charge in [0.2, 0.25) is 0 Å². The number of hydrogen-bond acceptors (Lipinski definition) is 2. The highest BCUT2D eigenvalue weighted by atomic mass is 16.1. The molecule has 1 heterocycles. The van der Waals surface area contributed by atoms with Crippen LogP contribution in [0.5, 0.6) is 0 Å². The van der Waals surface area contributed by atoms with Crippen molar-refractivity contribution in [1.29, 1.82) is 0 Å². The Bertz CT molecular complexity index is 1010. The molecule has 28 heavy (non-hydrogen) atoms. The predicted octanol–water partition coefficient (Wildman–Crippen LogP) is 5.89. The number of benzene rings is 2. The summed E-state index contributed by atoms with van der Waals surface area (Å²) in [5.74, 6) is 0.0256. The van der Waals surface area contributed by atoms with E-state index in [-0.39, 0.29) is 11.9 Å². The molecule has 0 atom stereocenters. The molecule has 144 valence electrons. The van der Waals surface area contributed by atoms with Crippen LogP contribution < -0.4 is 5.32 Å². The van der Waals surface area contributed by atoms with Crippen LogP contribution in [0.4, 0.5) is 0 Å². The molecule has 1 amide bonds. The highest BCUT2D eigenvalue weighted by Gasteiger charge is 2.20. The van der Waals surface area contributed by atoms with E-state index in [4.69, 9.17) is 4.98 Å². The summed E-state index contributed by atoms with van der Waals surface area (Å²) in [6.45, 7) is 6.22. The average molecular weight is 373 g/mol. The summed E-state index contributed by atoms with van der Waals surface area (Å²) in [4.78, 5) is 18.2. The van der Waals surface area contributed by atoms with Crippen LogP contribution in [-0.2, 0) is 0 Å². The van der Waals surface area contributed by atoms with Crippen molar-refractivity contribution < 1.29 is 4.79 Å². The second-order valence-electron chi connectivity index (χ2n) is 8.21. The minimum atomic E-state index is 0.0256. The van der Waals surface area contributed by atoms with Gasteiger partial charge in [-0.2, -0.15) is 0 Å². The fraction of sp³-hybridized carbons (Fsp3) is 0.360. The van der Waals surface area contributed by atoms with Crippen LogP contribution in [0.15, 0.2) is 42.5 Å². The van der Waals surface area contributed by atoms with Crippen LogP contribution in [0.25, 0.3) is 22.2 Å². The molecular formula is C25H28N2O. The van der Waals surface area contributed by atoms with Crippen molar-refractivity contribution in [3.8, 4) is 11.3 Å². The highest BCUT2D eigenvalue weighted by Crippen LogP contribution is 2.28. The second kappa shape index (κ2) is 7.75. The number of fused-ring (bicyclic) bond motifs is 1. The average Bonchev–Trinajstić information content (AvgIpc) is 2.68. The second-order valence-corrected chi connectivity index (χ2v) is 8.21. The van der Waals surface area contributed by atoms with E-state index in [1.807, 2.05) is 6.07 Å². The van der Waals surface area contributed by atoms with Gasteiger partial charge in [-0.05, 0) is 51.3 Å². The largest absolute Gasteiger partial charge is 0.349 e. The van der Waals surface area contributed by atoms with Crippen LogP contribution in [-0.4, -0.2) is 16.9 Å². The Morgan fingerprint density at radius 1 is 0.929 bits per heavy atom. The Balaban J connectivity index is 1.82. The van der Waals surface area contributed by atoms with Gasteiger partial charge >= 0.3 is 0 Å². The highest BCUT2D eigenvalue weighted by molar-refractivity contribution is 6.08. The Kier molecular flexibility index (Phi) is 5.17. The Morgan fingerprint density at radius 2 is 1.64 bits per heavy atom. The van der Waals surface area contributed by atoms with E-state index < -0.39 is 0 Å². The van der Waals surface area contributed by atoms with Crippen molar-refractivity contribution >= 4 is 16.8 Å². The summed E-state index contributed by atoms with van der Waals surface area (Å²) < 4.78 is 0. The minimum Gasteiger partial charge on any atom is -0.349 e. The quantitative estimate of drug-likeness (QED) is 0.623. The molecule has 0 unspecified atom stereocenters. The standard InChI is InChI=1S/C25H28N2O/c1-16-9-11-19(12-10-16)23-15-22(25(28)26-20-7-5-4-6-8-20)21-14-17(2)13-18(3)24(21)27-23/h9-15,20H,4-8H2,1-3H3,(H,26,28). The summed E-state index contributed by atoms with van der Waals surface area (Å²) >= 11 is 0. The number of carbonyl (C=O) groups is 1. The third kappa shape index (κ3) is 3.80. The van der Waals surface area contributed by atoms with Gasteiger partial charge in [0.1, 0.15) is 0 Å². The smallest absolute Gasteiger partial charge is 0.252 e. The predicted molar refractivity (Wildman–Crippen MR) is 116 cm³/mol. The molecule has 1 aliphatic carbocycles. The van der Waals surface area contributed by atoms with Crippen molar-refractivity contribution in [1.82, 2.24) is 10.3 Å². The molecule has 3 heteroatoms. The van der Waals surface area contributed by atoms with Gasteiger partial charge in [-0.25, -0.2) is 4.98 Å². The van der Waals surface area contributed by atoms with E-state index in [0.29, 0.717) is 0 Å². The molecule has 4 rings (SSSR count). The van der Waals surface area contributed by atoms with Crippen molar-refractivity contribution in [3.63, 3.8) is 0 Å². The fourth-order valence-corrected chi connectivity index (χ4v) is 4.25. The van der Waals surface area contributed by atoms with E-state index in [0.717, 1.165) is 51.7 Å². The molecule has 1 aromatic heterocycles. The maximum Gasteiger partial charge on any atom is 0.252 e. The summed E-state index contributed by atoms with van der Waals surface area (Å²) in [5.41, 5.74) is 7.02. The molecule has 0 saturated heterocycles. The topological polar surface area (TPSA) is 42.0 Å². The van der Waals surface area contributed by atoms with Gasteiger partial charge in [-0.15, -0.1) is 0 Å². The zero-order valence-electron chi connectivity index (χ0n) is 17.0. The van der Waals surface area contributed by atoms with Gasteiger partial charge in [0.15, 0.2) is 0 Å². The first-order valence-corrected chi connectivity index (χ1v) is 10.3. The summed E-state index contributed by atoms with van der Waals surface area (Å²) in [7, 11) is 0. The normalized spacial score (nSPS) is 15.0. The Hall–Kier alpha value is -2.68. The number of hydrogen-bond donors (Lipinski definition) is 1. The molecule has 0 radical (unpaired) electrons. The lowest BCUT2D eigenvalue weighted by atomic mass is 9.94. The molecular weight excluding hydrogens is 344 g/mol. The zero-order chi connectivity index (χ0) is 19.7. The number of aromatic nitrogens is 1. The summed E-state index contributed by atoms with van der Waals surface area (Å²) in [6.07, 6.45) is 5.85. The lowest BCUT2D eigenvalue weighted by Crippen LogP contribution is -2.36. The van der Waals surface area contributed by atoms with E-state index in [1.165, 1.54) is 24.8 Å². The Morgan fingerprint density at radius 3 is 2.36 bits per heavy atom. The SMILES string of the molecule is Cc1ccc(-c2cc(C(=O)NC3CCCCC3)c3cc(C)cc(C)c3n2)cc1. The van der Waals surface area contributed by atoms with Gasteiger partial charge in [-0.1, -0.05) is 60.7 Å². The number of amides is 1. The van der Waals surface area contributed by atoms with Crippen LogP contribution in [0, 0.1) is 20.8 Å². The molecule has 1 fully saturated rings. The minimum absolute atomic E-state index is 0.0256. The number of nitrogens with zero attached hydrogens (tertiary/aromatic N) is 1. The first-order chi connectivity index (χ1) is 13.5. The number of rotatable bonds is 3. The van der Waals surface area contributed by atoms with Gasteiger partial charge < -0.3 is 5.32 Å². The van der Waals surface area contributed by atoms with E-state index in [2.05, 4.69) is 62.5 Å². The lowest BCUT2D eigenvalue weighted by molar-refractivity contribution is 0.0929. The number of nitrogens with one attached hydrogen (secondary N) is 1. The van der Waals surface area contributed by atoms with E-state index in [9.17, 15) is 4.79 Å². The van der Waals surface area contributed by atoms with Crippen LogP contribution in [0.2, 0.25) is 0 Å². The molecule has 0 aliphatic heterocycles. The van der Waals surface area contributed by atoms with Gasteiger partial charge in [0.05, 0.1) is 16.8 Å². The van der Waals surface area contributed by atoms with Gasteiger partial charge in [-0.3, -0.25) is 4.79 Å². The lowest BCUT2D eigenvalue weighted by Gasteiger charge is -2.23. The number of aryl methyl sites for hydroxylation is 3. The molecule has 1 aliphatic rings. The summed E-state index contributed by atoms with van der Waals surface area (Å²) in [6, 6.07) is 14.8. The van der Waals surface area contributed by atoms with Crippen molar-refractivity contribution in [3.05, 3.63) is 64.7 Å². The maximum absolute atomic E-state index is 13.2. The molecule has 3 nitrogen and oxygen atoms in total. The number of pyridine rings is 1. The molecule has 1 saturated carbocycles. The van der Waals surface area contributed by atoms with Crippen LogP contribution in [0.3, 0.4) is 0 Å². The van der Waals surface area contributed by atoms with Crippen molar-refractivity contribution in [2.45, 2.75) is 58.9 Å². The monoisotopic (exact) mass is 372 g/mol. The van der Waals surface area contributed by atoms with Gasteiger partial charge in [0, 0.05) is 17.0 Å². The number of carbonyl (C=O) groups excluding carboxylic acids is 1. The van der Waals surface area contributed by atoms with Crippen molar-refractivity contribution in [2.75, 3.05) is 0 Å². The fourth-order valence-electron chi connectivity index (χ4n) is 4.25. The van der Waals surface area contributed by atoms with Gasteiger partial charge in [0.25, 0.3) is 5.91 Å². The zero-order valence-corrected chi connectivity index (χ0v) is 17.0. The molecule has 3 aromatic rings. The maximum atomic E-state index is 13.2. The van der Waals surface area contributed by atoms with Crippen LogP contribution in [0.1, 0.15) is 59.2 Å². The molecule has 0 spiro atoms. The third-order valence-corrected chi connectivity index (χ3v) is 5.78. The molecule has 1 N–H and O–H groups in total. The van der Waals surface area contributed by atoms with Crippen molar-refractivity contribution in [2.24, 2.45) is 0 Å². The first kappa shape index (κ1) is 18.7. The summed E-state index contributed by atoms with van der Waals surface area (Å²) in [5, 5.41) is 4.23. The van der Waals surface area contributed by atoms with Crippen LogP contribution >= 0.6 is 0 Å². The first-order valence-electron chi connectivity index (χ1n) is 10.3. The van der Waals surface area contributed by atoms with E-state index in [1.54, 1.807) is 0 Å². The molecule has 0 bridgehead atoms.